The van der Waals surface area contributed by atoms with Crippen LogP contribution in [0.1, 0.15) is 49.0 Å². The summed E-state index contributed by atoms with van der Waals surface area (Å²) < 4.78 is 2.25. The number of likely N-dealkylation sites (tertiary alicyclic amines) is 1. The van der Waals surface area contributed by atoms with Gasteiger partial charge in [0.05, 0.1) is 6.20 Å². The van der Waals surface area contributed by atoms with E-state index in [9.17, 15) is 0 Å². The van der Waals surface area contributed by atoms with Crippen LogP contribution in [0.25, 0.3) is 0 Å². The first kappa shape index (κ1) is 12.2. The molecule has 0 radical (unpaired) electrons. The minimum atomic E-state index is 0.487. The average molecular weight is 248 g/mol. The van der Waals surface area contributed by atoms with Crippen molar-refractivity contribution in [1.82, 2.24) is 20.0 Å². The molecule has 18 heavy (non-hydrogen) atoms. The van der Waals surface area contributed by atoms with Crippen LogP contribution >= 0.6 is 0 Å². The lowest BCUT2D eigenvalue weighted by atomic mass is 9.91. The number of hydrogen-bond donors (Lipinski definition) is 1. The Bertz CT molecular complexity index is 406. The lowest BCUT2D eigenvalue weighted by Gasteiger charge is -2.24. The predicted octanol–water partition coefficient (Wildman–Crippen LogP) is 1.88. The van der Waals surface area contributed by atoms with Crippen LogP contribution in [0.3, 0.4) is 0 Å². The van der Waals surface area contributed by atoms with E-state index in [1.807, 2.05) is 0 Å². The number of piperidine rings is 1. The number of rotatable bonds is 2. The van der Waals surface area contributed by atoms with Crippen molar-refractivity contribution in [3.05, 3.63) is 17.5 Å². The molecule has 0 aliphatic carbocycles. The van der Waals surface area contributed by atoms with Gasteiger partial charge in [-0.25, -0.2) is 0 Å². The Hall–Kier alpha value is -0.870. The van der Waals surface area contributed by atoms with Gasteiger partial charge in [-0.05, 0) is 70.8 Å². The topological polar surface area (TPSA) is 33.1 Å². The minimum absolute atomic E-state index is 0.487. The third-order valence-electron chi connectivity index (χ3n) is 4.63. The summed E-state index contributed by atoms with van der Waals surface area (Å²) in [7, 11) is 2.21. The molecule has 2 saturated heterocycles. The van der Waals surface area contributed by atoms with Gasteiger partial charge in [0.15, 0.2) is 0 Å². The Labute approximate surface area is 109 Å². The third-order valence-corrected chi connectivity index (χ3v) is 4.63. The first-order valence-electron chi connectivity index (χ1n) is 7.22. The third kappa shape index (κ3) is 2.08. The fourth-order valence-electron chi connectivity index (χ4n) is 3.47. The van der Waals surface area contributed by atoms with Crippen molar-refractivity contribution in [1.29, 1.82) is 0 Å². The summed E-state index contributed by atoms with van der Waals surface area (Å²) in [5.74, 6) is 0.715. The van der Waals surface area contributed by atoms with E-state index >= 15 is 0 Å². The summed E-state index contributed by atoms with van der Waals surface area (Å²) in [6, 6.07) is 0. The molecule has 100 valence electrons. The maximum atomic E-state index is 4.68. The van der Waals surface area contributed by atoms with Gasteiger partial charge in [-0.3, -0.25) is 9.58 Å². The van der Waals surface area contributed by atoms with Crippen LogP contribution in [0.2, 0.25) is 0 Å². The highest BCUT2D eigenvalue weighted by molar-refractivity contribution is 5.22. The molecule has 3 rings (SSSR count). The van der Waals surface area contributed by atoms with Gasteiger partial charge in [-0.1, -0.05) is 0 Å². The van der Waals surface area contributed by atoms with Gasteiger partial charge < -0.3 is 5.32 Å². The van der Waals surface area contributed by atoms with E-state index in [1.165, 1.54) is 43.5 Å². The molecule has 1 unspecified atom stereocenters. The van der Waals surface area contributed by atoms with E-state index in [4.69, 9.17) is 0 Å². The standard InChI is InChI=1S/C14H24N4/c1-11-13(12-5-7-15-8-6-12)10-16-18(11)14-4-3-9-17(14)2/h10,12,14-15H,3-9H2,1-2H3. The van der Waals surface area contributed by atoms with E-state index < -0.39 is 0 Å². The van der Waals surface area contributed by atoms with Crippen molar-refractivity contribution in [2.24, 2.45) is 0 Å². The van der Waals surface area contributed by atoms with Crippen LogP contribution in [0.5, 0.6) is 0 Å². The highest BCUT2D eigenvalue weighted by Crippen LogP contribution is 2.31. The van der Waals surface area contributed by atoms with Crippen molar-refractivity contribution < 1.29 is 0 Å². The van der Waals surface area contributed by atoms with Gasteiger partial charge in [-0.2, -0.15) is 5.10 Å². The number of hydrogen-bond acceptors (Lipinski definition) is 3. The molecule has 2 aliphatic heterocycles. The number of aromatic nitrogens is 2. The smallest absolute Gasteiger partial charge is 0.104 e. The summed E-state index contributed by atoms with van der Waals surface area (Å²) in [5.41, 5.74) is 2.87. The van der Waals surface area contributed by atoms with Gasteiger partial charge in [0, 0.05) is 5.69 Å². The highest BCUT2D eigenvalue weighted by atomic mass is 15.4. The highest BCUT2D eigenvalue weighted by Gasteiger charge is 2.27. The fourth-order valence-corrected chi connectivity index (χ4v) is 3.47. The maximum Gasteiger partial charge on any atom is 0.104 e. The Kier molecular flexibility index (Phi) is 3.39. The lowest BCUT2D eigenvalue weighted by molar-refractivity contribution is 0.217. The Morgan fingerprint density at radius 3 is 2.72 bits per heavy atom. The molecule has 1 aromatic heterocycles. The zero-order chi connectivity index (χ0) is 12.5. The van der Waals surface area contributed by atoms with E-state index in [0.29, 0.717) is 12.1 Å². The van der Waals surface area contributed by atoms with Gasteiger partial charge >= 0.3 is 0 Å². The fraction of sp³-hybridized carbons (Fsp3) is 0.786. The van der Waals surface area contributed by atoms with Crippen LogP contribution in [-0.2, 0) is 0 Å². The molecule has 2 aliphatic rings. The molecule has 0 bridgehead atoms. The molecule has 3 heterocycles. The molecule has 0 saturated carbocycles. The SMILES string of the molecule is Cc1c(C2CCNCC2)cnn1C1CCCN1C. The van der Waals surface area contributed by atoms with Crippen LogP contribution in [0.15, 0.2) is 6.20 Å². The van der Waals surface area contributed by atoms with Gasteiger partial charge in [0.2, 0.25) is 0 Å². The molecule has 1 atom stereocenters. The first-order chi connectivity index (χ1) is 8.77. The van der Waals surface area contributed by atoms with Crippen LogP contribution in [0, 0.1) is 6.92 Å². The second-order valence-corrected chi connectivity index (χ2v) is 5.76. The molecule has 0 spiro atoms. The number of nitrogens with one attached hydrogen (secondary N) is 1. The summed E-state index contributed by atoms with van der Waals surface area (Å²) >= 11 is 0. The summed E-state index contributed by atoms with van der Waals surface area (Å²) in [5, 5.41) is 8.12. The largest absolute Gasteiger partial charge is 0.317 e. The second kappa shape index (κ2) is 5.02. The molecule has 0 amide bonds. The lowest BCUT2D eigenvalue weighted by Crippen LogP contribution is -2.27. The zero-order valence-electron chi connectivity index (χ0n) is 11.5. The van der Waals surface area contributed by atoms with E-state index in [2.05, 4.69) is 40.2 Å². The maximum absolute atomic E-state index is 4.68. The zero-order valence-corrected chi connectivity index (χ0v) is 11.5. The quantitative estimate of drug-likeness (QED) is 0.867. The second-order valence-electron chi connectivity index (χ2n) is 5.76. The predicted molar refractivity (Wildman–Crippen MR) is 72.7 cm³/mol. The van der Waals surface area contributed by atoms with Crippen molar-refractivity contribution in [2.75, 3.05) is 26.7 Å². The Balaban J connectivity index is 1.82. The van der Waals surface area contributed by atoms with Gasteiger partial charge in [-0.15, -0.1) is 0 Å². The summed E-state index contributed by atoms with van der Waals surface area (Å²) in [6.45, 7) is 5.75. The molecular formula is C14H24N4. The average Bonchev–Trinajstić information content (AvgIpc) is 2.96. The summed E-state index contributed by atoms with van der Waals surface area (Å²) in [6.07, 6.45) is 7.66. The van der Waals surface area contributed by atoms with Crippen LogP contribution in [-0.4, -0.2) is 41.4 Å². The van der Waals surface area contributed by atoms with E-state index in [0.717, 1.165) is 13.1 Å². The number of nitrogens with zero attached hydrogens (tertiary/aromatic N) is 3. The molecule has 1 N–H and O–H groups in total. The van der Waals surface area contributed by atoms with E-state index in [-0.39, 0.29) is 0 Å². The van der Waals surface area contributed by atoms with Crippen molar-refractivity contribution >= 4 is 0 Å². The van der Waals surface area contributed by atoms with Crippen molar-refractivity contribution in [3.8, 4) is 0 Å². The van der Waals surface area contributed by atoms with Crippen molar-refractivity contribution in [2.45, 2.75) is 44.7 Å². The molecule has 4 nitrogen and oxygen atoms in total. The Morgan fingerprint density at radius 1 is 1.28 bits per heavy atom. The van der Waals surface area contributed by atoms with Crippen LogP contribution < -0.4 is 5.32 Å². The molecule has 4 heteroatoms. The van der Waals surface area contributed by atoms with Crippen LogP contribution in [0.4, 0.5) is 0 Å². The van der Waals surface area contributed by atoms with Crippen molar-refractivity contribution in [3.63, 3.8) is 0 Å². The minimum Gasteiger partial charge on any atom is -0.317 e. The molecule has 2 fully saturated rings. The van der Waals surface area contributed by atoms with Gasteiger partial charge in [0.1, 0.15) is 6.17 Å². The molecular weight excluding hydrogens is 224 g/mol. The van der Waals surface area contributed by atoms with Gasteiger partial charge in [0.25, 0.3) is 0 Å². The first-order valence-corrected chi connectivity index (χ1v) is 7.22. The Morgan fingerprint density at radius 2 is 2.06 bits per heavy atom. The summed E-state index contributed by atoms with van der Waals surface area (Å²) in [4.78, 5) is 2.42. The monoisotopic (exact) mass is 248 g/mol. The molecule has 0 aromatic carbocycles. The molecule has 1 aromatic rings. The van der Waals surface area contributed by atoms with E-state index in [1.54, 1.807) is 0 Å². The normalized spacial score (nSPS) is 26.9.